The van der Waals surface area contributed by atoms with E-state index in [9.17, 15) is 19.8 Å². The number of hydrogen-bond acceptors (Lipinski definition) is 4. The van der Waals surface area contributed by atoms with E-state index in [0.29, 0.717) is 5.69 Å². The van der Waals surface area contributed by atoms with Crippen LogP contribution in [0.3, 0.4) is 0 Å². The average Bonchev–Trinajstić information content (AvgIpc) is 2.81. The minimum atomic E-state index is -0.694. The maximum absolute atomic E-state index is 12.6. The lowest BCUT2D eigenvalue weighted by Crippen LogP contribution is -2.30. The SMILES string of the molecule is CC(=O)C1=C(O)C(=O)N(c2ccc(O)cc2)[C@H]1c1ccc(C)cc1. The van der Waals surface area contributed by atoms with Crippen molar-refractivity contribution in [2.45, 2.75) is 19.9 Å². The van der Waals surface area contributed by atoms with Crippen LogP contribution in [-0.4, -0.2) is 21.9 Å². The van der Waals surface area contributed by atoms with E-state index >= 15 is 0 Å². The zero-order valence-electron chi connectivity index (χ0n) is 13.4. The number of aryl methyl sites for hydroxylation is 1. The normalized spacial score (nSPS) is 17.5. The number of carbonyl (C=O) groups excluding carboxylic acids is 2. The average molecular weight is 323 g/mol. The molecule has 1 aliphatic heterocycles. The molecule has 122 valence electrons. The van der Waals surface area contributed by atoms with Crippen molar-refractivity contribution in [1.82, 2.24) is 0 Å². The standard InChI is InChI=1S/C19H17NO4/c1-11-3-5-13(6-4-11)17-16(12(2)21)18(23)19(24)20(17)14-7-9-15(22)10-8-14/h3-10,17,22-23H,1-2H3/t17-/m0/s1. The maximum Gasteiger partial charge on any atom is 0.294 e. The van der Waals surface area contributed by atoms with Gasteiger partial charge in [0.25, 0.3) is 5.91 Å². The zero-order valence-corrected chi connectivity index (χ0v) is 13.4. The summed E-state index contributed by atoms with van der Waals surface area (Å²) in [7, 11) is 0. The minimum Gasteiger partial charge on any atom is -0.508 e. The monoisotopic (exact) mass is 323 g/mol. The number of carbonyl (C=O) groups is 2. The number of benzene rings is 2. The molecule has 0 unspecified atom stereocenters. The number of anilines is 1. The molecule has 0 aromatic heterocycles. The Bertz CT molecular complexity index is 835. The molecule has 24 heavy (non-hydrogen) atoms. The third-order valence-corrected chi connectivity index (χ3v) is 4.11. The Balaban J connectivity index is 2.16. The lowest BCUT2D eigenvalue weighted by atomic mass is 9.96. The summed E-state index contributed by atoms with van der Waals surface area (Å²) in [6.45, 7) is 3.28. The van der Waals surface area contributed by atoms with Gasteiger partial charge < -0.3 is 10.2 Å². The van der Waals surface area contributed by atoms with Crippen LogP contribution in [0.25, 0.3) is 0 Å². The van der Waals surface area contributed by atoms with E-state index in [-0.39, 0.29) is 17.1 Å². The molecular weight excluding hydrogens is 306 g/mol. The van der Waals surface area contributed by atoms with Crippen LogP contribution in [0.15, 0.2) is 59.9 Å². The van der Waals surface area contributed by atoms with E-state index in [0.717, 1.165) is 11.1 Å². The van der Waals surface area contributed by atoms with Crippen LogP contribution in [0.5, 0.6) is 5.75 Å². The first-order valence-corrected chi connectivity index (χ1v) is 7.53. The first kappa shape index (κ1) is 15.8. The van der Waals surface area contributed by atoms with Crippen molar-refractivity contribution in [3.63, 3.8) is 0 Å². The van der Waals surface area contributed by atoms with Crippen molar-refractivity contribution in [1.29, 1.82) is 0 Å². The summed E-state index contributed by atoms with van der Waals surface area (Å²) >= 11 is 0. The summed E-state index contributed by atoms with van der Waals surface area (Å²) < 4.78 is 0. The third-order valence-electron chi connectivity index (χ3n) is 4.11. The summed E-state index contributed by atoms with van der Waals surface area (Å²) in [5.41, 5.74) is 2.36. The molecular formula is C19H17NO4. The van der Waals surface area contributed by atoms with Crippen molar-refractivity contribution in [2.75, 3.05) is 4.90 Å². The smallest absolute Gasteiger partial charge is 0.294 e. The van der Waals surface area contributed by atoms with Gasteiger partial charge in [0.15, 0.2) is 11.5 Å². The van der Waals surface area contributed by atoms with Gasteiger partial charge in [-0.3, -0.25) is 14.5 Å². The molecule has 1 atom stereocenters. The molecule has 1 aliphatic rings. The van der Waals surface area contributed by atoms with Gasteiger partial charge in [0.2, 0.25) is 0 Å². The van der Waals surface area contributed by atoms with Crippen molar-refractivity contribution in [3.05, 3.63) is 71.0 Å². The minimum absolute atomic E-state index is 0.0706. The molecule has 0 bridgehead atoms. The Morgan fingerprint density at radius 1 is 1.00 bits per heavy atom. The fourth-order valence-electron chi connectivity index (χ4n) is 2.91. The maximum atomic E-state index is 12.6. The molecule has 5 nitrogen and oxygen atoms in total. The van der Waals surface area contributed by atoms with Crippen molar-refractivity contribution < 1.29 is 19.8 Å². The number of aromatic hydroxyl groups is 1. The highest BCUT2D eigenvalue weighted by molar-refractivity contribution is 6.16. The third kappa shape index (κ3) is 2.54. The molecule has 3 rings (SSSR count). The van der Waals surface area contributed by atoms with E-state index in [1.54, 1.807) is 12.1 Å². The number of aliphatic hydroxyl groups excluding tert-OH is 1. The molecule has 2 aromatic carbocycles. The van der Waals surface area contributed by atoms with Gasteiger partial charge in [-0.05, 0) is 43.7 Å². The molecule has 1 heterocycles. The van der Waals surface area contributed by atoms with Gasteiger partial charge in [-0.1, -0.05) is 29.8 Å². The van der Waals surface area contributed by atoms with Crippen LogP contribution >= 0.6 is 0 Å². The predicted molar refractivity (Wildman–Crippen MR) is 89.8 cm³/mol. The summed E-state index contributed by atoms with van der Waals surface area (Å²) in [6.07, 6.45) is 0. The second-order valence-electron chi connectivity index (χ2n) is 5.82. The number of phenolic OH excluding ortho intramolecular Hbond substituents is 1. The van der Waals surface area contributed by atoms with E-state index < -0.39 is 17.7 Å². The number of ketones is 1. The number of nitrogens with zero attached hydrogens (tertiary/aromatic N) is 1. The molecule has 0 aliphatic carbocycles. The molecule has 2 N–H and O–H groups in total. The van der Waals surface area contributed by atoms with E-state index in [1.165, 1.54) is 24.0 Å². The zero-order chi connectivity index (χ0) is 17.4. The molecule has 5 heteroatoms. The van der Waals surface area contributed by atoms with Crippen LogP contribution < -0.4 is 4.90 Å². The quantitative estimate of drug-likeness (QED) is 0.909. The molecule has 0 spiro atoms. The highest BCUT2D eigenvalue weighted by Crippen LogP contribution is 2.41. The van der Waals surface area contributed by atoms with Gasteiger partial charge >= 0.3 is 0 Å². The second kappa shape index (κ2) is 5.85. The Labute approximate surface area is 139 Å². The molecule has 2 aromatic rings. The van der Waals surface area contributed by atoms with Crippen LogP contribution in [0.4, 0.5) is 5.69 Å². The van der Waals surface area contributed by atoms with E-state index in [4.69, 9.17) is 0 Å². The first-order chi connectivity index (χ1) is 11.4. The number of hydrogen-bond donors (Lipinski definition) is 2. The number of Topliss-reactive ketones (excluding diaryl/α,β-unsaturated/α-hetero) is 1. The van der Waals surface area contributed by atoms with Crippen LogP contribution in [0.1, 0.15) is 24.1 Å². The van der Waals surface area contributed by atoms with E-state index in [1.807, 2.05) is 31.2 Å². The fourth-order valence-corrected chi connectivity index (χ4v) is 2.91. The predicted octanol–water partition coefficient (Wildman–Crippen LogP) is 3.19. The second-order valence-corrected chi connectivity index (χ2v) is 5.82. The number of aliphatic hydroxyl groups is 1. The lowest BCUT2D eigenvalue weighted by molar-refractivity contribution is -0.117. The summed E-state index contributed by atoms with van der Waals surface area (Å²) in [5.74, 6) is -1.44. The highest BCUT2D eigenvalue weighted by atomic mass is 16.3. The van der Waals surface area contributed by atoms with Crippen molar-refractivity contribution in [2.24, 2.45) is 0 Å². The van der Waals surface area contributed by atoms with Crippen molar-refractivity contribution in [3.8, 4) is 5.75 Å². The van der Waals surface area contributed by atoms with Crippen molar-refractivity contribution >= 4 is 17.4 Å². The van der Waals surface area contributed by atoms with Crippen LogP contribution in [0.2, 0.25) is 0 Å². The van der Waals surface area contributed by atoms with Gasteiger partial charge in [-0.2, -0.15) is 0 Å². The highest BCUT2D eigenvalue weighted by Gasteiger charge is 2.43. The van der Waals surface area contributed by atoms with Gasteiger partial charge in [-0.25, -0.2) is 0 Å². The van der Waals surface area contributed by atoms with Gasteiger partial charge in [-0.15, -0.1) is 0 Å². The molecule has 0 saturated carbocycles. The molecule has 1 amide bonds. The van der Waals surface area contributed by atoms with Crippen LogP contribution in [0, 0.1) is 6.92 Å². The number of amides is 1. The van der Waals surface area contributed by atoms with Crippen LogP contribution in [-0.2, 0) is 9.59 Å². The lowest BCUT2D eigenvalue weighted by Gasteiger charge is -2.26. The van der Waals surface area contributed by atoms with E-state index in [2.05, 4.69) is 0 Å². The largest absolute Gasteiger partial charge is 0.508 e. The first-order valence-electron chi connectivity index (χ1n) is 7.53. The summed E-state index contributed by atoms with van der Waals surface area (Å²) in [5, 5.41) is 19.7. The summed E-state index contributed by atoms with van der Waals surface area (Å²) in [4.78, 5) is 26.0. The van der Waals surface area contributed by atoms with Gasteiger partial charge in [0.05, 0.1) is 11.6 Å². The Kier molecular flexibility index (Phi) is 3.85. The molecule has 0 radical (unpaired) electrons. The van der Waals surface area contributed by atoms with Gasteiger partial charge in [0, 0.05) is 5.69 Å². The number of phenols is 1. The van der Waals surface area contributed by atoms with Gasteiger partial charge in [0.1, 0.15) is 5.75 Å². The number of rotatable bonds is 3. The Morgan fingerprint density at radius 3 is 2.12 bits per heavy atom. The Hall–Kier alpha value is -3.08. The summed E-state index contributed by atoms with van der Waals surface area (Å²) in [6, 6.07) is 12.8. The Morgan fingerprint density at radius 2 is 1.58 bits per heavy atom. The topological polar surface area (TPSA) is 77.8 Å². The fraction of sp³-hybridized carbons (Fsp3) is 0.158. The molecule has 0 fully saturated rings. The molecule has 0 saturated heterocycles.